The van der Waals surface area contributed by atoms with Crippen LogP contribution in [0.1, 0.15) is 44.6 Å². The van der Waals surface area contributed by atoms with Crippen LogP contribution in [0, 0.1) is 5.92 Å². The smallest absolute Gasteiger partial charge is 0.325 e. The van der Waals surface area contributed by atoms with Crippen LogP contribution in [0.2, 0.25) is 0 Å². The lowest BCUT2D eigenvalue weighted by Gasteiger charge is -2.33. The second-order valence-electron chi connectivity index (χ2n) is 7.53. The number of carbonyl (C=O) groups excluding carboxylic acids is 3. The summed E-state index contributed by atoms with van der Waals surface area (Å²) in [5, 5.41) is 5.65. The molecule has 1 aliphatic heterocycles. The van der Waals surface area contributed by atoms with Crippen molar-refractivity contribution in [1.29, 1.82) is 0 Å². The number of carbonyl (C=O) groups is 3. The number of hydrogen-bond acceptors (Lipinski definition) is 3. The van der Waals surface area contributed by atoms with Gasteiger partial charge in [-0.15, -0.1) is 0 Å². The normalized spacial score (nSPS) is 25.4. The second-order valence-corrected chi connectivity index (χ2v) is 7.53. The Labute approximate surface area is 154 Å². The van der Waals surface area contributed by atoms with Gasteiger partial charge in [0.15, 0.2) is 0 Å². The van der Waals surface area contributed by atoms with Crippen molar-refractivity contribution in [2.75, 3.05) is 13.1 Å². The van der Waals surface area contributed by atoms with Gasteiger partial charge in [0.25, 0.3) is 5.91 Å². The van der Waals surface area contributed by atoms with Crippen LogP contribution < -0.4 is 10.6 Å². The zero-order chi connectivity index (χ0) is 18.6. The Morgan fingerprint density at radius 2 is 1.92 bits per heavy atom. The lowest BCUT2D eigenvalue weighted by atomic mass is 9.77. The first-order valence-corrected chi connectivity index (χ1v) is 9.45. The first-order chi connectivity index (χ1) is 12.5. The van der Waals surface area contributed by atoms with Gasteiger partial charge in [-0.05, 0) is 50.0 Å². The first kappa shape index (κ1) is 18.4. The summed E-state index contributed by atoms with van der Waals surface area (Å²) in [7, 11) is 0. The summed E-state index contributed by atoms with van der Waals surface area (Å²) in [4.78, 5) is 38.1. The van der Waals surface area contributed by atoms with Gasteiger partial charge in [-0.2, -0.15) is 0 Å². The maximum absolute atomic E-state index is 12.7. The standard InChI is InChI=1S/C20H27N3O3/c1-15-9-11-20(12-10-15)18(25)23(19(26)22-20)14-17(24)21-13-5-8-16-6-3-2-4-7-16/h2-4,6-7,15H,5,8-14H2,1H3,(H,21,24)(H,22,26). The molecule has 1 aromatic rings. The van der Waals surface area contributed by atoms with E-state index < -0.39 is 11.6 Å². The third-order valence-corrected chi connectivity index (χ3v) is 5.48. The van der Waals surface area contributed by atoms with Gasteiger partial charge in [-0.3, -0.25) is 14.5 Å². The van der Waals surface area contributed by atoms with Crippen molar-refractivity contribution in [2.45, 2.75) is 51.0 Å². The number of benzene rings is 1. The van der Waals surface area contributed by atoms with Crippen LogP contribution >= 0.6 is 0 Å². The van der Waals surface area contributed by atoms with Gasteiger partial charge in [0.1, 0.15) is 12.1 Å². The highest BCUT2D eigenvalue weighted by Crippen LogP contribution is 2.36. The molecule has 6 heteroatoms. The predicted octanol–water partition coefficient (Wildman–Crippen LogP) is 2.24. The molecule has 1 saturated heterocycles. The molecule has 0 atom stereocenters. The molecular weight excluding hydrogens is 330 g/mol. The molecule has 140 valence electrons. The quantitative estimate of drug-likeness (QED) is 0.605. The molecule has 1 aromatic carbocycles. The summed E-state index contributed by atoms with van der Waals surface area (Å²) in [5.41, 5.74) is 0.446. The number of nitrogens with zero attached hydrogens (tertiary/aromatic N) is 1. The summed E-state index contributed by atoms with van der Waals surface area (Å²) in [5.74, 6) is 0.0453. The summed E-state index contributed by atoms with van der Waals surface area (Å²) in [6.07, 6.45) is 4.86. The average molecular weight is 357 g/mol. The predicted molar refractivity (Wildman–Crippen MR) is 98.4 cm³/mol. The van der Waals surface area contributed by atoms with E-state index in [1.165, 1.54) is 5.56 Å². The minimum Gasteiger partial charge on any atom is -0.355 e. The monoisotopic (exact) mass is 357 g/mol. The van der Waals surface area contributed by atoms with Gasteiger partial charge >= 0.3 is 6.03 Å². The highest BCUT2D eigenvalue weighted by atomic mass is 16.2. The molecule has 0 bridgehead atoms. The van der Waals surface area contributed by atoms with Gasteiger partial charge < -0.3 is 10.6 Å². The van der Waals surface area contributed by atoms with Crippen molar-refractivity contribution in [3.63, 3.8) is 0 Å². The van der Waals surface area contributed by atoms with Gasteiger partial charge in [0.2, 0.25) is 5.91 Å². The van der Waals surface area contributed by atoms with E-state index in [1.807, 2.05) is 18.2 Å². The van der Waals surface area contributed by atoms with Crippen molar-refractivity contribution < 1.29 is 14.4 Å². The third-order valence-electron chi connectivity index (χ3n) is 5.48. The van der Waals surface area contributed by atoms with E-state index in [4.69, 9.17) is 0 Å². The fraction of sp³-hybridized carbons (Fsp3) is 0.550. The van der Waals surface area contributed by atoms with Crippen LogP contribution in [0.5, 0.6) is 0 Å². The Morgan fingerprint density at radius 1 is 1.23 bits per heavy atom. The van der Waals surface area contributed by atoms with Crippen molar-refractivity contribution in [3.05, 3.63) is 35.9 Å². The molecule has 2 N–H and O–H groups in total. The molecule has 1 spiro atoms. The highest BCUT2D eigenvalue weighted by Gasteiger charge is 2.52. The number of aryl methyl sites for hydroxylation is 1. The molecule has 0 unspecified atom stereocenters. The molecule has 1 heterocycles. The van der Waals surface area contributed by atoms with Crippen LogP contribution in [0.25, 0.3) is 0 Å². The third kappa shape index (κ3) is 4.06. The average Bonchev–Trinajstić information content (AvgIpc) is 2.87. The number of imide groups is 1. The Hall–Kier alpha value is -2.37. The molecule has 0 aromatic heterocycles. The Kier molecular flexibility index (Phi) is 5.59. The van der Waals surface area contributed by atoms with E-state index in [1.54, 1.807) is 0 Å². The Morgan fingerprint density at radius 3 is 2.62 bits per heavy atom. The van der Waals surface area contributed by atoms with Gasteiger partial charge in [-0.25, -0.2) is 4.79 Å². The van der Waals surface area contributed by atoms with Crippen LogP contribution in [-0.4, -0.2) is 41.4 Å². The number of amides is 4. The summed E-state index contributed by atoms with van der Waals surface area (Å²) >= 11 is 0. The van der Waals surface area contributed by atoms with Crippen molar-refractivity contribution in [3.8, 4) is 0 Å². The Bertz CT molecular complexity index is 666. The zero-order valence-corrected chi connectivity index (χ0v) is 15.3. The lowest BCUT2D eigenvalue weighted by Crippen LogP contribution is -2.49. The van der Waals surface area contributed by atoms with E-state index in [-0.39, 0.29) is 18.4 Å². The number of rotatable bonds is 6. The van der Waals surface area contributed by atoms with E-state index in [9.17, 15) is 14.4 Å². The van der Waals surface area contributed by atoms with Gasteiger partial charge in [0, 0.05) is 6.54 Å². The van der Waals surface area contributed by atoms with Gasteiger partial charge in [0.05, 0.1) is 0 Å². The number of nitrogens with one attached hydrogen (secondary N) is 2. The minimum atomic E-state index is -0.781. The number of urea groups is 1. The summed E-state index contributed by atoms with van der Waals surface area (Å²) in [6.45, 7) is 2.49. The minimum absolute atomic E-state index is 0.201. The maximum Gasteiger partial charge on any atom is 0.325 e. The summed E-state index contributed by atoms with van der Waals surface area (Å²) in [6, 6.07) is 9.63. The fourth-order valence-corrected chi connectivity index (χ4v) is 3.78. The molecule has 3 rings (SSSR count). The molecule has 2 aliphatic rings. The van der Waals surface area contributed by atoms with Crippen molar-refractivity contribution in [1.82, 2.24) is 15.5 Å². The van der Waals surface area contributed by atoms with Crippen molar-refractivity contribution in [2.24, 2.45) is 5.92 Å². The molecule has 26 heavy (non-hydrogen) atoms. The Balaban J connectivity index is 1.45. The molecule has 1 aliphatic carbocycles. The first-order valence-electron chi connectivity index (χ1n) is 9.45. The molecule has 0 radical (unpaired) electrons. The lowest BCUT2D eigenvalue weighted by molar-refractivity contribution is -0.136. The van der Waals surface area contributed by atoms with E-state index >= 15 is 0 Å². The van der Waals surface area contributed by atoms with E-state index in [0.29, 0.717) is 25.3 Å². The molecule has 6 nitrogen and oxygen atoms in total. The molecule has 4 amide bonds. The largest absolute Gasteiger partial charge is 0.355 e. The highest BCUT2D eigenvalue weighted by molar-refractivity contribution is 6.09. The SMILES string of the molecule is CC1CCC2(CC1)NC(=O)N(CC(=O)NCCCc1ccccc1)C2=O. The van der Waals surface area contributed by atoms with Crippen LogP contribution in [0.15, 0.2) is 30.3 Å². The summed E-state index contributed by atoms with van der Waals surface area (Å²) < 4.78 is 0. The fourth-order valence-electron chi connectivity index (χ4n) is 3.78. The molecular formula is C20H27N3O3. The van der Waals surface area contributed by atoms with E-state index in [0.717, 1.165) is 30.6 Å². The molecule has 1 saturated carbocycles. The van der Waals surface area contributed by atoms with Crippen molar-refractivity contribution >= 4 is 17.8 Å². The number of hydrogen-bond donors (Lipinski definition) is 2. The van der Waals surface area contributed by atoms with Gasteiger partial charge in [-0.1, -0.05) is 37.3 Å². The topological polar surface area (TPSA) is 78.5 Å². The van der Waals surface area contributed by atoms with E-state index in [2.05, 4.69) is 29.7 Å². The van der Waals surface area contributed by atoms with Crippen LogP contribution in [0.4, 0.5) is 4.79 Å². The molecule has 2 fully saturated rings. The maximum atomic E-state index is 12.7. The van der Waals surface area contributed by atoms with Crippen LogP contribution in [-0.2, 0) is 16.0 Å². The zero-order valence-electron chi connectivity index (χ0n) is 15.3. The second kappa shape index (κ2) is 7.89. The van der Waals surface area contributed by atoms with Crippen LogP contribution in [0.3, 0.4) is 0 Å².